The Morgan fingerprint density at radius 1 is 1.32 bits per heavy atom. The number of carbonyl (C=O) groups excluding carboxylic acids is 1. The van der Waals surface area contributed by atoms with Crippen LogP contribution in [-0.2, 0) is 4.79 Å². The third-order valence-electron chi connectivity index (χ3n) is 4.67. The van der Waals surface area contributed by atoms with Gasteiger partial charge in [-0.1, -0.05) is 17.7 Å². The van der Waals surface area contributed by atoms with Crippen LogP contribution >= 0.6 is 11.6 Å². The summed E-state index contributed by atoms with van der Waals surface area (Å²) in [5, 5.41) is 7.23. The standard InChI is InChI=1S/C17H24ClN3O/c1-11-7-12(2)17(15(18)8-11)20-16(22)10-21-6-5-13-3-4-14(9-21)19-13/h7-8,13-14,19H,3-6,9-10H2,1-2H3,(H,20,22). The van der Waals surface area contributed by atoms with Crippen molar-refractivity contribution in [2.24, 2.45) is 0 Å². The number of nitrogens with one attached hydrogen (secondary N) is 2. The molecule has 0 radical (unpaired) electrons. The molecule has 2 fully saturated rings. The summed E-state index contributed by atoms with van der Waals surface area (Å²) in [7, 11) is 0. The molecule has 2 aliphatic rings. The molecule has 22 heavy (non-hydrogen) atoms. The van der Waals surface area contributed by atoms with E-state index in [4.69, 9.17) is 11.6 Å². The van der Waals surface area contributed by atoms with Crippen LogP contribution in [0.1, 0.15) is 30.4 Å². The van der Waals surface area contributed by atoms with E-state index in [1.54, 1.807) is 0 Å². The van der Waals surface area contributed by atoms with Crippen LogP contribution in [0.15, 0.2) is 12.1 Å². The maximum Gasteiger partial charge on any atom is 0.238 e. The van der Waals surface area contributed by atoms with Crippen LogP contribution in [0.2, 0.25) is 5.02 Å². The summed E-state index contributed by atoms with van der Waals surface area (Å²) in [5.41, 5.74) is 2.86. The van der Waals surface area contributed by atoms with Crippen molar-refractivity contribution in [3.05, 3.63) is 28.3 Å². The van der Waals surface area contributed by atoms with Crippen molar-refractivity contribution >= 4 is 23.2 Å². The predicted octanol–water partition coefficient (Wildman–Crippen LogP) is 2.72. The number of hydrogen-bond acceptors (Lipinski definition) is 3. The van der Waals surface area contributed by atoms with Gasteiger partial charge in [0.15, 0.2) is 0 Å². The summed E-state index contributed by atoms with van der Waals surface area (Å²) in [6, 6.07) is 5.12. The zero-order valence-corrected chi connectivity index (χ0v) is 14.0. The number of rotatable bonds is 3. The van der Waals surface area contributed by atoms with Gasteiger partial charge in [-0.3, -0.25) is 9.69 Å². The van der Waals surface area contributed by atoms with Gasteiger partial charge < -0.3 is 10.6 Å². The number of likely N-dealkylation sites (tertiary alicyclic amines) is 1. The van der Waals surface area contributed by atoms with E-state index in [0.29, 0.717) is 23.7 Å². The summed E-state index contributed by atoms with van der Waals surface area (Å²) in [5.74, 6) is 0.0200. The molecule has 5 heteroatoms. The topological polar surface area (TPSA) is 44.4 Å². The van der Waals surface area contributed by atoms with Gasteiger partial charge in [-0.15, -0.1) is 0 Å². The van der Waals surface area contributed by atoms with Gasteiger partial charge in [-0.2, -0.15) is 0 Å². The Labute approximate surface area is 137 Å². The first-order chi connectivity index (χ1) is 10.5. The van der Waals surface area contributed by atoms with Crippen LogP contribution in [-0.4, -0.2) is 42.5 Å². The molecule has 0 saturated carbocycles. The molecular weight excluding hydrogens is 298 g/mol. The molecule has 2 bridgehead atoms. The maximum absolute atomic E-state index is 12.4. The highest BCUT2D eigenvalue weighted by Crippen LogP contribution is 2.27. The van der Waals surface area contributed by atoms with Gasteiger partial charge in [0.2, 0.25) is 5.91 Å². The van der Waals surface area contributed by atoms with Gasteiger partial charge in [0.25, 0.3) is 0 Å². The second-order valence-electron chi connectivity index (χ2n) is 6.65. The second kappa shape index (κ2) is 6.57. The smallest absolute Gasteiger partial charge is 0.238 e. The largest absolute Gasteiger partial charge is 0.323 e. The molecule has 0 aromatic heterocycles. The van der Waals surface area contributed by atoms with Crippen molar-refractivity contribution in [1.82, 2.24) is 10.2 Å². The SMILES string of the molecule is Cc1cc(C)c(NC(=O)CN2CCC3CCC(C2)N3)c(Cl)c1. The molecule has 120 valence electrons. The molecule has 1 aromatic carbocycles. The number of fused-ring (bicyclic) bond motifs is 2. The fraction of sp³-hybridized carbons (Fsp3) is 0.588. The Balaban J connectivity index is 1.61. The van der Waals surface area contributed by atoms with E-state index in [1.165, 1.54) is 12.8 Å². The van der Waals surface area contributed by atoms with E-state index < -0.39 is 0 Å². The summed E-state index contributed by atoms with van der Waals surface area (Å²) in [4.78, 5) is 14.6. The molecule has 1 aromatic rings. The van der Waals surface area contributed by atoms with Crippen molar-refractivity contribution in [3.63, 3.8) is 0 Å². The molecule has 0 spiro atoms. The second-order valence-corrected chi connectivity index (χ2v) is 7.06. The minimum Gasteiger partial charge on any atom is -0.323 e. The van der Waals surface area contributed by atoms with Crippen molar-refractivity contribution in [2.75, 3.05) is 25.0 Å². The zero-order chi connectivity index (χ0) is 15.7. The van der Waals surface area contributed by atoms with Gasteiger partial charge in [0.05, 0.1) is 17.3 Å². The predicted molar refractivity (Wildman–Crippen MR) is 90.6 cm³/mol. The minimum absolute atomic E-state index is 0.0200. The fourth-order valence-electron chi connectivity index (χ4n) is 3.62. The van der Waals surface area contributed by atoms with Crippen molar-refractivity contribution < 1.29 is 4.79 Å². The lowest BCUT2D eigenvalue weighted by molar-refractivity contribution is -0.117. The molecule has 2 aliphatic heterocycles. The minimum atomic E-state index is 0.0200. The third-order valence-corrected chi connectivity index (χ3v) is 4.97. The maximum atomic E-state index is 12.4. The number of nitrogens with zero attached hydrogens (tertiary/aromatic N) is 1. The summed E-state index contributed by atoms with van der Waals surface area (Å²) in [6.45, 7) is 6.37. The van der Waals surface area contributed by atoms with Gasteiger partial charge in [-0.25, -0.2) is 0 Å². The highest BCUT2D eigenvalue weighted by molar-refractivity contribution is 6.34. The molecular formula is C17H24ClN3O. The molecule has 2 atom stereocenters. The molecule has 2 heterocycles. The molecule has 2 N–H and O–H groups in total. The van der Waals surface area contributed by atoms with Crippen LogP contribution < -0.4 is 10.6 Å². The lowest BCUT2D eigenvalue weighted by Gasteiger charge is -2.23. The van der Waals surface area contributed by atoms with Crippen LogP contribution in [0.25, 0.3) is 0 Å². The first kappa shape index (κ1) is 15.8. The fourth-order valence-corrected chi connectivity index (χ4v) is 3.98. The van der Waals surface area contributed by atoms with E-state index in [2.05, 4.69) is 15.5 Å². The van der Waals surface area contributed by atoms with E-state index in [1.807, 2.05) is 26.0 Å². The van der Waals surface area contributed by atoms with E-state index in [0.717, 1.165) is 36.3 Å². The van der Waals surface area contributed by atoms with Crippen LogP contribution in [0, 0.1) is 13.8 Å². The number of amides is 1. The third kappa shape index (κ3) is 3.62. The Morgan fingerprint density at radius 2 is 2.09 bits per heavy atom. The van der Waals surface area contributed by atoms with Gasteiger partial charge in [0, 0.05) is 25.2 Å². The molecule has 4 nitrogen and oxygen atoms in total. The number of halogens is 1. The highest BCUT2D eigenvalue weighted by Gasteiger charge is 2.29. The van der Waals surface area contributed by atoms with Crippen molar-refractivity contribution in [2.45, 2.75) is 45.2 Å². The Hall–Kier alpha value is -1.10. The molecule has 2 saturated heterocycles. The Morgan fingerprint density at radius 3 is 2.86 bits per heavy atom. The van der Waals surface area contributed by atoms with Gasteiger partial charge in [0.1, 0.15) is 0 Å². The quantitative estimate of drug-likeness (QED) is 0.899. The number of carbonyl (C=O) groups is 1. The zero-order valence-electron chi connectivity index (χ0n) is 13.3. The number of benzene rings is 1. The van der Waals surface area contributed by atoms with E-state index in [-0.39, 0.29) is 5.91 Å². The molecule has 3 rings (SSSR count). The highest BCUT2D eigenvalue weighted by atomic mass is 35.5. The monoisotopic (exact) mass is 321 g/mol. The Kier molecular flexibility index (Phi) is 4.71. The van der Waals surface area contributed by atoms with E-state index >= 15 is 0 Å². The lowest BCUT2D eigenvalue weighted by Crippen LogP contribution is -2.39. The number of aryl methyl sites for hydroxylation is 2. The summed E-state index contributed by atoms with van der Waals surface area (Å²) in [6.07, 6.45) is 3.64. The number of anilines is 1. The van der Waals surface area contributed by atoms with Crippen LogP contribution in [0.3, 0.4) is 0 Å². The van der Waals surface area contributed by atoms with Gasteiger partial charge >= 0.3 is 0 Å². The summed E-state index contributed by atoms with van der Waals surface area (Å²) < 4.78 is 0. The van der Waals surface area contributed by atoms with Gasteiger partial charge in [-0.05, 0) is 50.3 Å². The van der Waals surface area contributed by atoms with Crippen molar-refractivity contribution in [3.8, 4) is 0 Å². The number of hydrogen-bond donors (Lipinski definition) is 2. The van der Waals surface area contributed by atoms with Crippen molar-refractivity contribution in [1.29, 1.82) is 0 Å². The first-order valence-corrected chi connectivity index (χ1v) is 8.44. The summed E-state index contributed by atoms with van der Waals surface area (Å²) >= 11 is 6.26. The molecule has 2 unspecified atom stereocenters. The van der Waals surface area contributed by atoms with E-state index in [9.17, 15) is 4.79 Å². The first-order valence-electron chi connectivity index (χ1n) is 8.06. The molecule has 1 amide bonds. The Bertz CT molecular complexity index is 552. The van der Waals surface area contributed by atoms with Crippen LogP contribution in [0.4, 0.5) is 5.69 Å². The average molecular weight is 322 g/mol. The lowest BCUT2D eigenvalue weighted by atomic mass is 10.1. The molecule has 0 aliphatic carbocycles. The average Bonchev–Trinajstić information content (AvgIpc) is 2.77. The normalized spacial score (nSPS) is 25.0. The van der Waals surface area contributed by atoms with Crippen LogP contribution in [0.5, 0.6) is 0 Å².